The Kier molecular flexibility index (Phi) is 4.64. The summed E-state index contributed by atoms with van der Waals surface area (Å²) in [6.07, 6.45) is -0.941. The molecule has 1 unspecified atom stereocenters. The summed E-state index contributed by atoms with van der Waals surface area (Å²) >= 11 is 0. The topological polar surface area (TPSA) is 79.2 Å². The first-order valence-corrected chi connectivity index (χ1v) is 4.53. The van der Waals surface area contributed by atoms with Crippen molar-refractivity contribution in [3.63, 3.8) is 0 Å². The lowest BCUT2D eigenvalue weighted by molar-refractivity contribution is 0.0876. The van der Waals surface area contributed by atoms with Crippen LogP contribution in [0.2, 0.25) is 0 Å². The summed E-state index contributed by atoms with van der Waals surface area (Å²) in [4.78, 5) is 12.4. The molecule has 6 nitrogen and oxygen atoms in total. The first kappa shape index (κ1) is 11.2. The van der Waals surface area contributed by atoms with Gasteiger partial charge in [0.15, 0.2) is 6.10 Å². The Balaban J connectivity index is 2.27. The van der Waals surface area contributed by atoms with E-state index in [2.05, 4.69) is 4.74 Å². The Hall–Kier alpha value is -0.850. The second kappa shape index (κ2) is 5.79. The van der Waals surface area contributed by atoms with E-state index in [0.29, 0.717) is 19.6 Å². The summed E-state index contributed by atoms with van der Waals surface area (Å²) in [7, 11) is 0. The molecule has 82 valence electrons. The van der Waals surface area contributed by atoms with Crippen LogP contribution in [-0.2, 0) is 9.47 Å². The molecule has 14 heavy (non-hydrogen) atoms. The van der Waals surface area contributed by atoms with Crippen molar-refractivity contribution in [3.05, 3.63) is 0 Å². The van der Waals surface area contributed by atoms with Crippen LogP contribution in [0.1, 0.15) is 0 Å². The van der Waals surface area contributed by atoms with E-state index in [1.54, 1.807) is 0 Å². The zero-order valence-corrected chi connectivity index (χ0v) is 7.89. The van der Waals surface area contributed by atoms with Crippen LogP contribution in [-0.4, -0.2) is 66.8 Å². The summed E-state index contributed by atoms with van der Waals surface area (Å²) in [5, 5.41) is 17.5. The fourth-order valence-corrected chi connectivity index (χ4v) is 1.32. The third-order valence-corrected chi connectivity index (χ3v) is 1.94. The van der Waals surface area contributed by atoms with Gasteiger partial charge in [-0.25, -0.2) is 4.79 Å². The number of cyclic esters (lactones) is 2. The Bertz CT molecular complexity index is 181. The molecule has 0 bridgehead atoms. The standard InChI is InChI=1S/C8H15NO5/c10-3-1-9(2-4-11)5-7-6-13-8(12)14-7/h7,10-11H,1-6H2. The fraction of sp³-hybridized carbons (Fsp3) is 0.875. The molecule has 1 fully saturated rings. The van der Waals surface area contributed by atoms with Gasteiger partial charge in [-0.15, -0.1) is 0 Å². The molecule has 6 heteroatoms. The Labute approximate surface area is 82.0 Å². The highest BCUT2D eigenvalue weighted by molar-refractivity contribution is 5.61. The van der Waals surface area contributed by atoms with Gasteiger partial charge in [0, 0.05) is 19.6 Å². The molecule has 0 spiro atoms. The van der Waals surface area contributed by atoms with Gasteiger partial charge in [-0.2, -0.15) is 0 Å². The summed E-state index contributed by atoms with van der Waals surface area (Å²) < 4.78 is 9.43. The highest BCUT2D eigenvalue weighted by Gasteiger charge is 2.26. The van der Waals surface area contributed by atoms with Gasteiger partial charge < -0.3 is 19.7 Å². The number of hydrogen-bond acceptors (Lipinski definition) is 6. The number of carbonyl (C=O) groups is 1. The molecule has 0 aliphatic carbocycles. The van der Waals surface area contributed by atoms with Gasteiger partial charge in [-0.3, -0.25) is 4.90 Å². The molecule has 2 N–H and O–H groups in total. The summed E-state index contributed by atoms with van der Waals surface area (Å²) in [6.45, 7) is 1.66. The second-order valence-corrected chi connectivity index (χ2v) is 3.05. The molecular formula is C8H15NO5. The smallest absolute Gasteiger partial charge is 0.430 e. The van der Waals surface area contributed by atoms with Gasteiger partial charge >= 0.3 is 6.16 Å². The Morgan fingerprint density at radius 1 is 1.36 bits per heavy atom. The molecule has 1 atom stereocenters. The third-order valence-electron chi connectivity index (χ3n) is 1.94. The fourth-order valence-electron chi connectivity index (χ4n) is 1.32. The average molecular weight is 205 g/mol. The second-order valence-electron chi connectivity index (χ2n) is 3.05. The molecule has 0 radical (unpaired) electrons. The van der Waals surface area contributed by atoms with Crippen LogP contribution in [0.25, 0.3) is 0 Å². The van der Waals surface area contributed by atoms with E-state index in [1.807, 2.05) is 4.90 Å². The van der Waals surface area contributed by atoms with Gasteiger partial charge in [-0.1, -0.05) is 0 Å². The predicted octanol–water partition coefficient (Wildman–Crippen LogP) is -1.19. The van der Waals surface area contributed by atoms with E-state index < -0.39 is 6.16 Å². The van der Waals surface area contributed by atoms with Gasteiger partial charge in [-0.05, 0) is 0 Å². The molecule has 0 saturated carbocycles. The number of aliphatic hydroxyl groups excluding tert-OH is 2. The Morgan fingerprint density at radius 3 is 2.43 bits per heavy atom. The first-order chi connectivity index (χ1) is 6.76. The van der Waals surface area contributed by atoms with E-state index in [4.69, 9.17) is 14.9 Å². The molecule has 0 aromatic carbocycles. The molecule has 0 aromatic rings. The van der Waals surface area contributed by atoms with Crippen LogP contribution in [0.3, 0.4) is 0 Å². The van der Waals surface area contributed by atoms with Crippen LogP contribution in [0.15, 0.2) is 0 Å². The van der Waals surface area contributed by atoms with E-state index in [9.17, 15) is 4.79 Å². The average Bonchev–Trinajstić information content (AvgIpc) is 2.52. The van der Waals surface area contributed by atoms with E-state index in [-0.39, 0.29) is 25.9 Å². The van der Waals surface area contributed by atoms with Gasteiger partial charge in [0.05, 0.1) is 13.2 Å². The van der Waals surface area contributed by atoms with E-state index in [0.717, 1.165) is 0 Å². The van der Waals surface area contributed by atoms with Crippen LogP contribution in [0.4, 0.5) is 4.79 Å². The van der Waals surface area contributed by atoms with Gasteiger partial charge in [0.2, 0.25) is 0 Å². The predicted molar refractivity (Wildman–Crippen MR) is 46.8 cm³/mol. The lowest BCUT2D eigenvalue weighted by Gasteiger charge is -2.21. The van der Waals surface area contributed by atoms with E-state index in [1.165, 1.54) is 0 Å². The molecule has 1 rings (SSSR count). The van der Waals surface area contributed by atoms with Gasteiger partial charge in [0.25, 0.3) is 0 Å². The number of aliphatic hydroxyl groups is 2. The van der Waals surface area contributed by atoms with Crippen molar-refractivity contribution < 1.29 is 24.5 Å². The Morgan fingerprint density at radius 2 is 2.00 bits per heavy atom. The van der Waals surface area contributed by atoms with Crippen molar-refractivity contribution in [3.8, 4) is 0 Å². The lowest BCUT2D eigenvalue weighted by Crippen LogP contribution is -2.37. The monoisotopic (exact) mass is 205 g/mol. The number of ether oxygens (including phenoxy) is 2. The molecular weight excluding hydrogens is 190 g/mol. The van der Waals surface area contributed by atoms with Gasteiger partial charge in [0.1, 0.15) is 6.61 Å². The minimum absolute atomic E-state index is 0.0154. The van der Waals surface area contributed by atoms with E-state index >= 15 is 0 Å². The van der Waals surface area contributed by atoms with Crippen molar-refractivity contribution in [1.29, 1.82) is 0 Å². The maximum atomic E-state index is 10.6. The molecule has 0 aromatic heterocycles. The van der Waals surface area contributed by atoms with Crippen LogP contribution in [0, 0.1) is 0 Å². The van der Waals surface area contributed by atoms with Crippen molar-refractivity contribution in [2.45, 2.75) is 6.10 Å². The normalized spacial score (nSPS) is 21.1. The van der Waals surface area contributed by atoms with Crippen molar-refractivity contribution in [1.82, 2.24) is 4.90 Å². The molecule has 1 aliphatic rings. The van der Waals surface area contributed by atoms with Crippen LogP contribution >= 0.6 is 0 Å². The molecule has 1 saturated heterocycles. The molecule has 1 aliphatic heterocycles. The van der Waals surface area contributed by atoms with Crippen LogP contribution < -0.4 is 0 Å². The SMILES string of the molecule is O=C1OCC(CN(CCO)CCO)O1. The highest BCUT2D eigenvalue weighted by atomic mass is 16.8. The lowest BCUT2D eigenvalue weighted by atomic mass is 10.3. The summed E-state index contributed by atoms with van der Waals surface area (Å²) in [6, 6.07) is 0. The minimum atomic E-state index is -0.650. The largest absolute Gasteiger partial charge is 0.508 e. The van der Waals surface area contributed by atoms with Crippen molar-refractivity contribution in [2.24, 2.45) is 0 Å². The maximum Gasteiger partial charge on any atom is 0.508 e. The summed E-state index contributed by atoms with van der Waals surface area (Å²) in [5.41, 5.74) is 0. The number of carbonyl (C=O) groups excluding carboxylic acids is 1. The minimum Gasteiger partial charge on any atom is -0.430 e. The third kappa shape index (κ3) is 3.49. The molecule has 1 heterocycles. The number of nitrogens with zero attached hydrogens (tertiary/aromatic N) is 1. The highest BCUT2D eigenvalue weighted by Crippen LogP contribution is 2.07. The van der Waals surface area contributed by atoms with Crippen molar-refractivity contribution >= 4 is 6.16 Å². The number of rotatable bonds is 6. The summed E-state index contributed by atoms with van der Waals surface area (Å²) in [5.74, 6) is 0. The molecule has 0 amide bonds. The zero-order valence-electron chi connectivity index (χ0n) is 7.89. The van der Waals surface area contributed by atoms with Crippen molar-refractivity contribution in [2.75, 3.05) is 39.5 Å². The maximum absolute atomic E-state index is 10.6. The number of hydrogen-bond donors (Lipinski definition) is 2. The quantitative estimate of drug-likeness (QED) is 0.531. The van der Waals surface area contributed by atoms with Crippen LogP contribution in [0.5, 0.6) is 0 Å². The first-order valence-electron chi connectivity index (χ1n) is 4.53. The zero-order chi connectivity index (χ0) is 10.4.